The first kappa shape index (κ1) is 15.0. The smallest absolute Gasteiger partial charge is 0.173 e. The number of carbonyl (C=O) groups excluding carboxylic acids is 1. The summed E-state index contributed by atoms with van der Waals surface area (Å²) in [6, 6.07) is 3.90. The number of aryl methyl sites for hydroxylation is 1. The first-order chi connectivity index (χ1) is 9.55. The number of ether oxygens (including phenoxy) is 1. The fraction of sp³-hybridized carbons (Fsp3) is 0.588. The third-order valence-electron chi connectivity index (χ3n) is 4.81. The molecule has 20 heavy (non-hydrogen) atoms. The van der Waals surface area contributed by atoms with Gasteiger partial charge in [0.05, 0.1) is 12.7 Å². The minimum Gasteiger partial charge on any atom is -0.496 e. The van der Waals surface area contributed by atoms with Gasteiger partial charge in [0.1, 0.15) is 5.75 Å². The van der Waals surface area contributed by atoms with Crippen molar-refractivity contribution in [3.8, 4) is 5.75 Å². The van der Waals surface area contributed by atoms with Crippen molar-refractivity contribution >= 4 is 5.78 Å². The van der Waals surface area contributed by atoms with Crippen molar-refractivity contribution in [2.24, 2.45) is 11.1 Å². The molecular weight excluding hydrogens is 250 g/mol. The quantitative estimate of drug-likeness (QED) is 0.857. The topological polar surface area (TPSA) is 52.3 Å². The third-order valence-corrected chi connectivity index (χ3v) is 4.81. The first-order valence-electron chi connectivity index (χ1n) is 7.45. The van der Waals surface area contributed by atoms with Gasteiger partial charge in [-0.15, -0.1) is 0 Å². The highest BCUT2D eigenvalue weighted by atomic mass is 16.5. The Morgan fingerprint density at radius 2 is 1.90 bits per heavy atom. The highest BCUT2D eigenvalue weighted by Gasteiger charge is 2.39. The standard InChI is InChI=1S/C17H25NO2/c1-12-7-8-14(15(20-3)13(12)2)16(19)17(11-18)9-5-4-6-10-17/h7-8H,4-6,9-11,18H2,1-3H3. The van der Waals surface area contributed by atoms with Gasteiger partial charge in [-0.2, -0.15) is 0 Å². The molecule has 1 aliphatic rings. The van der Waals surface area contributed by atoms with Gasteiger partial charge in [-0.25, -0.2) is 0 Å². The van der Waals surface area contributed by atoms with E-state index in [1.807, 2.05) is 26.0 Å². The van der Waals surface area contributed by atoms with Crippen molar-refractivity contribution in [3.05, 3.63) is 28.8 Å². The molecule has 0 unspecified atom stereocenters. The van der Waals surface area contributed by atoms with Gasteiger partial charge in [-0.3, -0.25) is 4.79 Å². The zero-order valence-electron chi connectivity index (χ0n) is 12.8. The average Bonchev–Trinajstić information content (AvgIpc) is 2.49. The molecule has 1 fully saturated rings. The zero-order valence-corrected chi connectivity index (χ0v) is 12.8. The second-order valence-electron chi connectivity index (χ2n) is 5.96. The minimum atomic E-state index is -0.382. The van der Waals surface area contributed by atoms with Crippen molar-refractivity contribution in [2.45, 2.75) is 46.0 Å². The lowest BCUT2D eigenvalue weighted by Crippen LogP contribution is -2.40. The van der Waals surface area contributed by atoms with Gasteiger partial charge < -0.3 is 10.5 Å². The van der Waals surface area contributed by atoms with E-state index in [1.165, 1.54) is 6.42 Å². The lowest BCUT2D eigenvalue weighted by molar-refractivity contribution is 0.0726. The number of carbonyl (C=O) groups is 1. The normalized spacial score (nSPS) is 17.8. The average molecular weight is 275 g/mol. The fourth-order valence-electron chi connectivity index (χ4n) is 3.27. The Morgan fingerprint density at radius 1 is 1.25 bits per heavy atom. The van der Waals surface area contributed by atoms with Crippen LogP contribution in [0.2, 0.25) is 0 Å². The molecule has 2 rings (SSSR count). The third kappa shape index (κ3) is 2.47. The lowest BCUT2D eigenvalue weighted by atomic mass is 9.69. The van der Waals surface area contributed by atoms with Gasteiger partial charge in [-0.05, 0) is 43.9 Å². The van der Waals surface area contributed by atoms with Crippen molar-refractivity contribution in [2.75, 3.05) is 13.7 Å². The van der Waals surface area contributed by atoms with E-state index >= 15 is 0 Å². The summed E-state index contributed by atoms with van der Waals surface area (Å²) in [4.78, 5) is 13.0. The molecule has 0 amide bonds. The van der Waals surface area contributed by atoms with Gasteiger partial charge >= 0.3 is 0 Å². The summed E-state index contributed by atoms with van der Waals surface area (Å²) >= 11 is 0. The molecular formula is C17H25NO2. The minimum absolute atomic E-state index is 0.166. The molecule has 0 spiro atoms. The maximum Gasteiger partial charge on any atom is 0.173 e. The van der Waals surface area contributed by atoms with Gasteiger partial charge in [-0.1, -0.05) is 25.3 Å². The van der Waals surface area contributed by atoms with Crippen LogP contribution in [0.5, 0.6) is 5.75 Å². The summed E-state index contributed by atoms with van der Waals surface area (Å²) in [5, 5.41) is 0. The second-order valence-corrected chi connectivity index (χ2v) is 5.96. The van der Waals surface area contributed by atoms with Gasteiger partial charge in [0.2, 0.25) is 0 Å². The van der Waals surface area contributed by atoms with E-state index < -0.39 is 0 Å². The molecule has 1 saturated carbocycles. The molecule has 110 valence electrons. The first-order valence-corrected chi connectivity index (χ1v) is 7.45. The van der Waals surface area contributed by atoms with E-state index in [4.69, 9.17) is 10.5 Å². The van der Waals surface area contributed by atoms with E-state index in [0.29, 0.717) is 17.9 Å². The van der Waals surface area contributed by atoms with Crippen LogP contribution < -0.4 is 10.5 Å². The Bertz CT molecular complexity index is 502. The molecule has 0 heterocycles. The molecule has 2 N–H and O–H groups in total. The molecule has 1 aromatic carbocycles. The van der Waals surface area contributed by atoms with Crippen LogP contribution in [0.4, 0.5) is 0 Å². The number of Topliss-reactive ketones (excluding diaryl/α,β-unsaturated/α-hetero) is 1. The molecule has 0 bridgehead atoms. The Balaban J connectivity index is 2.44. The molecule has 0 atom stereocenters. The number of nitrogens with two attached hydrogens (primary N) is 1. The van der Waals surface area contributed by atoms with Crippen LogP contribution in [0.1, 0.15) is 53.6 Å². The Hall–Kier alpha value is -1.35. The summed E-state index contributed by atoms with van der Waals surface area (Å²) in [6.45, 7) is 4.47. The number of methoxy groups -OCH3 is 1. The van der Waals surface area contributed by atoms with E-state index in [9.17, 15) is 4.79 Å². The molecule has 0 aromatic heterocycles. The van der Waals surface area contributed by atoms with Crippen LogP contribution in [0.25, 0.3) is 0 Å². The summed E-state index contributed by atoms with van der Waals surface area (Å²) in [5.74, 6) is 0.882. The van der Waals surface area contributed by atoms with E-state index in [1.54, 1.807) is 7.11 Å². The molecule has 1 aromatic rings. The second kappa shape index (κ2) is 5.96. The van der Waals surface area contributed by atoms with Crippen molar-refractivity contribution in [1.29, 1.82) is 0 Å². The van der Waals surface area contributed by atoms with Crippen molar-refractivity contribution < 1.29 is 9.53 Å². The Morgan fingerprint density at radius 3 is 2.45 bits per heavy atom. The molecule has 1 aliphatic carbocycles. The van der Waals surface area contributed by atoms with E-state index in [-0.39, 0.29) is 11.2 Å². The summed E-state index contributed by atoms with van der Waals surface area (Å²) in [7, 11) is 1.63. The maximum atomic E-state index is 13.0. The number of ketones is 1. The molecule has 3 heteroatoms. The summed E-state index contributed by atoms with van der Waals surface area (Å²) < 4.78 is 5.50. The fourth-order valence-corrected chi connectivity index (χ4v) is 3.27. The highest BCUT2D eigenvalue weighted by Crippen LogP contribution is 2.40. The molecule has 0 radical (unpaired) electrons. The molecule has 0 saturated heterocycles. The van der Waals surface area contributed by atoms with Crippen LogP contribution in [-0.4, -0.2) is 19.4 Å². The number of hydrogen-bond acceptors (Lipinski definition) is 3. The zero-order chi connectivity index (χ0) is 14.8. The predicted octanol–water partition coefficient (Wildman–Crippen LogP) is 3.40. The Labute approximate surface area is 121 Å². The number of rotatable bonds is 4. The van der Waals surface area contributed by atoms with Crippen LogP contribution >= 0.6 is 0 Å². The maximum absolute atomic E-state index is 13.0. The SMILES string of the molecule is COc1c(C(=O)C2(CN)CCCCC2)ccc(C)c1C. The van der Waals surface area contributed by atoms with Crippen LogP contribution in [0.15, 0.2) is 12.1 Å². The van der Waals surface area contributed by atoms with Gasteiger partial charge in [0.25, 0.3) is 0 Å². The Kier molecular flexibility index (Phi) is 4.48. The van der Waals surface area contributed by atoms with E-state index in [2.05, 4.69) is 0 Å². The largest absolute Gasteiger partial charge is 0.496 e. The van der Waals surface area contributed by atoms with Gasteiger partial charge in [0.15, 0.2) is 5.78 Å². The molecule has 0 aliphatic heterocycles. The monoisotopic (exact) mass is 275 g/mol. The van der Waals surface area contributed by atoms with Crippen LogP contribution in [0, 0.1) is 19.3 Å². The number of hydrogen-bond donors (Lipinski definition) is 1. The highest BCUT2D eigenvalue weighted by molar-refractivity contribution is 6.03. The predicted molar refractivity (Wildman–Crippen MR) is 81.4 cm³/mol. The van der Waals surface area contributed by atoms with E-state index in [0.717, 1.165) is 36.8 Å². The van der Waals surface area contributed by atoms with Gasteiger partial charge in [0, 0.05) is 12.0 Å². The van der Waals surface area contributed by atoms with Crippen LogP contribution in [0.3, 0.4) is 0 Å². The summed E-state index contributed by atoms with van der Waals surface area (Å²) in [5.41, 5.74) is 8.48. The van der Waals surface area contributed by atoms with Crippen LogP contribution in [-0.2, 0) is 0 Å². The number of benzene rings is 1. The summed E-state index contributed by atoms with van der Waals surface area (Å²) in [6.07, 6.45) is 5.20. The van der Waals surface area contributed by atoms with Crippen molar-refractivity contribution in [3.63, 3.8) is 0 Å². The molecule has 3 nitrogen and oxygen atoms in total. The lowest BCUT2D eigenvalue weighted by Gasteiger charge is -2.35. The van der Waals surface area contributed by atoms with Crippen molar-refractivity contribution in [1.82, 2.24) is 0 Å².